The van der Waals surface area contributed by atoms with Crippen LogP contribution in [-0.2, 0) is 11.3 Å². The monoisotopic (exact) mass is 279 g/mol. The SMILES string of the molecule is CC(C)(C)C(=O)N(Cc1ccsc1)CC(F)(F)F. The van der Waals surface area contributed by atoms with Crippen LogP contribution in [0.15, 0.2) is 16.8 Å². The Hall–Kier alpha value is -1.04. The van der Waals surface area contributed by atoms with Gasteiger partial charge in [-0.25, -0.2) is 0 Å². The van der Waals surface area contributed by atoms with Crippen LogP contribution in [0.3, 0.4) is 0 Å². The predicted octanol–water partition coefficient (Wildman–Crippen LogP) is 3.69. The van der Waals surface area contributed by atoms with Gasteiger partial charge in [0.15, 0.2) is 0 Å². The molecule has 1 heterocycles. The van der Waals surface area contributed by atoms with E-state index in [2.05, 4.69) is 0 Å². The lowest BCUT2D eigenvalue weighted by Crippen LogP contribution is -2.43. The van der Waals surface area contributed by atoms with Gasteiger partial charge >= 0.3 is 6.18 Å². The van der Waals surface area contributed by atoms with Crippen molar-refractivity contribution in [3.8, 4) is 0 Å². The molecule has 18 heavy (non-hydrogen) atoms. The Morgan fingerprint density at radius 2 is 1.94 bits per heavy atom. The topological polar surface area (TPSA) is 20.3 Å². The van der Waals surface area contributed by atoms with Crippen LogP contribution in [0.4, 0.5) is 13.2 Å². The molecular weight excluding hydrogens is 263 g/mol. The van der Waals surface area contributed by atoms with Crippen LogP contribution >= 0.6 is 11.3 Å². The van der Waals surface area contributed by atoms with Crippen LogP contribution in [0.1, 0.15) is 26.3 Å². The average Bonchev–Trinajstić information content (AvgIpc) is 2.64. The molecule has 0 aromatic carbocycles. The molecule has 0 bridgehead atoms. The lowest BCUT2D eigenvalue weighted by atomic mass is 9.94. The first-order chi connectivity index (χ1) is 8.09. The number of alkyl halides is 3. The van der Waals surface area contributed by atoms with E-state index in [0.717, 1.165) is 10.5 Å². The summed E-state index contributed by atoms with van der Waals surface area (Å²) < 4.78 is 37.5. The van der Waals surface area contributed by atoms with E-state index >= 15 is 0 Å². The first-order valence-electron chi connectivity index (χ1n) is 5.47. The fourth-order valence-corrected chi connectivity index (χ4v) is 2.15. The van der Waals surface area contributed by atoms with Crippen molar-refractivity contribution in [2.24, 2.45) is 5.41 Å². The molecule has 0 aliphatic rings. The highest BCUT2D eigenvalue weighted by molar-refractivity contribution is 7.07. The normalized spacial score (nSPS) is 12.6. The minimum Gasteiger partial charge on any atom is -0.329 e. The van der Waals surface area contributed by atoms with Crippen LogP contribution in [0.2, 0.25) is 0 Å². The number of carbonyl (C=O) groups is 1. The molecule has 0 atom stereocenters. The average molecular weight is 279 g/mol. The van der Waals surface area contributed by atoms with E-state index in [1.54, 1.807) is 37.6 Å². The summed E-state index contributed by atoms with van der Waals surface area (Å²) in [6, 6.07) is 1.73. The smallest absolute Gasteiger partial charge is 0.329 e. The molecule has 0 radical (unpaired) electrons. The molecule has 2 nitrogen and oxygen atoms in total. The van der Waals surface area contributed by atoms with Crippen LogP contribution in [0, 0.1) is 5.41 Å². The van der Waals surface area contributed by atoms with E-state index in [0.29, 0.717) is 0 Å². The van der Waals surface area contributed by atoms with E-state index < -0.39 is 24.0 Å². The molecule has 0 unspecified atom stereocenters. The summed E-state index contributed by atoms with van der Waals surface area (Å²) in [5.74, 6) is -0.494. The van der Waals surface area contributed by atoms with Crippen molar-refractivity contribution in [2.45, 2.75) is 33.5 Å². The molecule has 1 rings (SSSR count). The highest BCUT2D eigenvalue weighted by Crippen LogP contribution is 2.24. The summed E-state index contributed by atoms with van der Waals surface area (Å²) in [4.78, 5) is 12.9. The van der Waals surface area contributed by atoms with E-state index in [1.165, 1.54) is 11.3 Å². The molecular formula is C12H16F3NOS. The predicted molar refractivity (Wildman–Crippen MR) is 65.2 cm³/mol. The van der Waals surface area contributed by atoms with E-state index in [9.17, 15) is 18.0 Å². The zero-order valence-electron chi connectivity index (χ0n) is 10.5. The summed E-state index contributed by atoms with van der Waals surface area (Å²) in [6.45, 7) is 3.64. The van der Waals surface area contributed by atoms with Gasteiger partial charge in [0.25, 0.3) is 0 Å². The first kappa shape index (κ1) is 15.0. The van der Waals surface area contributed by atoms with Crippen molar-refractivity contribution >= 4 is 17.2 Å². The summed E-state index contributed by atoms with van der Waals surface area (Å²) in [5, 5.41) is 3.53. The molecule has 0 spiro atoms. The lowest BCUT2D eigenvalue weighted by Gasteiger charge is -2.30. The summed E-state index contributed by atoms with van der Waals surface area (Å²) in [7, 11) is 0. The van der Waals surface area contributed by atoms with Crippen molar-refractivity contribution in [3.63, 3.8) is 0 Å². The fraction of sp³-hybridized carbons (Fsp3) is 0.583. The van der Waals surface area contributed by atoms with Crippen molar-refractivity contribution in [1.29, 1.82) is 0 Å². The van der Waals surface area contributed by atoms with Crippen molar-refractivity contribution in [1.82, 2.24) is 4.90 Å². The molecule has 0 N–H and O–H groups in total. The van der Waals surface area contributed by atoms with E-state index in [-0.39, 0.29) is 6.54 Å². The highest BCUT2D eigenvalue weighted by Gasteiger charge is 2.36. The molecule has 0 saturated carbocycles. The highest BCUT2D eigenvalue weighted by atomic mass is 32.1. The maximum Gasteiger partial charge on any atom is 0.406 e. The molecule has 1 amide bonds. The summed E-state index contributed by atoms with van der Waals surface area (Å²) in [6.07, 6.45) is -4.38. The van der Waals surface area contributed by atoms with Crippen LogP contribution in [0.5, 0.6) is 0 Å². The molecule has 1 aromatic rings. The van der Waals surface area contributed by atoms with Crippen molar-refractivity contribution in [3.05, 3.63) is 22.4 Å². The van der Waals surface area contributed by atoms with Gasteiger partial charge in [0.05, 0.1) is 0 Å². The second-order valence-corrected chi connectivity index (χ2v) is 5.94. The van der Waals surface area contributed by atoms with Gasteiger partial charge < -0.3 is 4.90 Å². The Bertz CT molecular complexity index is 392. The molecule has 1 aromatic heterocycles. The Kier molecular flexibility index (Phi) is 4.42. The zero-order chi connectivity index (χ0) is 14.0. The molecule has 6 heteroatoms. The summed E-state index contributed by atoms with van der Waals surface area (Å²) >= 11 is 1.40. The summed E-state index contributed by atoms with van der Waals surface area (Å²) in [5.41, 5.74) is -0.0942. The molecule has 102 valence electrons. The number of hydrogen-bond donors (Lipinski definition) is 0. The molecule has 0 aliphatic carbocycles. The maximum absolute atomic E-state index is 12.5. The minimum absolute atomic E-state index is 0.000880. The number of amides is 1. The zero-order valence-corrected chi connectivity index (χ0v) is 11.4. The van der Waals surface area contributed by atoms with Gasteiger partial charge in [-0.05, 0) is 22.4 Å². The van der Waals surface area contributed by atoms with Gasteiger partial charge in [-0.1, -0.05) is 20.8 Å². The van der Waals surface area contributed by atoms with E-state index in [1.807, 2.05) is 0 Å². The lowest BCUT2D eigenvalue weighted by molar-refractivity contribution is -0.167. The van der Waals surface area contributed by atoms with Gasteiger partial charge in [-0.15, -0.1) is 0 Å². The van der Waals surface area contributed by atoms with Gasteiger partial charge in [0.1, 0.15) is 6.54 Å². The Labute approximate surface area is 108 Å². The second-order valence-electron chi connectivity index (χ2n) is 5.16. The first-order valence-corrected chi connectivity index (χ1v) is 6.41. The quantitative estimate of drug-likeness (QED) is 0.826. The van der Waals surface area contributed by atoms with E-state index in [4.69, 9.17) is 0 Å². The van der Waals surface area contributed by atoms with Gasteiger partial charge in [-0.2, -0.15) is 24.5 Å². The molecule has 0 saturated heterocycles. The van der Waals surface area contributed by atoms with Gasteiger partial charge in [-0.3, -0.25) is 4.79 Å². The minimum atomic E-state index is -4.38. The van der Waals surface area contributed by atoms with Crippen molar-refractivity contribution < 1.29 is 18.0 Å². The van der Waals surface area contributed by atoms with Crippen LogP contribution in [0.25, 0.3) is 0 Å². The second kappa shape index (κ2) is 5.30. The Morgan fingerprint density at radius 3 is 2.33 bits per heavy atom. The third-order valence-corrected chi connectivity index (χ3v) is 2.98. The van der Waals surface area contributed by atoms with Gasteiger partial charge in [0, 0.05) is 12.0 Å². The number of carbonyl (C=O) groups excluding carboxylic acids is 1. The number of nitrogens with zero attached hydrogens (tertiary/aromatic N) is 1. The third kappa shape index (κ3) is 4.68. The van der Waals surface area contributed by atoms with Gasteiger partial charge in [0.2, 0.25) is 5.91 Å². The largest absolute Gasteiger partial charge is 0.406 e. The van der Waals surface area contributed by atoms with Crippen molar-refractivity contribution in [2.75, 3.05) is 6.54 Å². The number of rotatable bonds is 3. The maximum atomic E-state index is 12.5. The standard InChI is InChI=1S/C12H16F3NOS/c1-11(2,3)10(17)16(8-12(13,14)15)6-9-4-5-18-7-9/h4-5,7H,6,8H2,1-3H3. The number of thiophene rings is 1. The Morgan fingerprint density at radius 1 is 1.33 bits per heavy atom. The van der Waals surface area contributed by atoms with Crippen LogP contribution in [-0.4, -0.2) is 23.5 Å². The number of hydrogen-bond acceptors (Lipinski definition) is 2. The molecule has 0 aliphatic heterocycles. The van der Waals surface area contributed by atoms with Crippen LogP contribution < -0.4 is 0 Å². The Balaban J connectivity index is 2.85. The third-order valence-electron chi connectivity index (χ3n) is 2.25. The fourth-order valence-electron chi connectivity index (χ4n) is 1.49. The number of halogens is 3. The molecule has 0 fully saturated rings.